The van der Waals surface area contributed by atoms with Crippen LogP contribution in [0.15, 0.2) is 18.5 Å². The number of nitrogens with zero attached hydrogens (tertiary/aromatic N) is 2. The van der Waals surface area contributed by atoms with Gasteiger partial charge in [0.15, 0.2) is 0 Å². The summed E-state index contributed by atoms with van der Waals surface area (Å²) in [5.41, 5.74) is 0.695. The maximum atomic E-state index is 10.8. The third kappa shape index (κ3) is 2.65. The molecule has 4 nitrogen and oxygen atoms in total. The molecule has 5 heteroatoms. The van der Waals surface area contributed by atoms with Crippen LogP contribution in [-0.4, -0.2) is 15.3 Å². The summed E-state index contributed by atoms with van der Waals surface area (Å²) in [5, 5.41) is 10.7. The second-order valence-electron chi connectivity index (χ2n) is 3.40. The molecule has 0 N–H and O–H groups in total. The number of hydrogen-bond acceptors (Lipinski definition) is 3. The van der Waals surface area contributed by atoms with Crippen molar-refractivity contribution in [2.24, 2.45) is 0 Å². The van der Waals surface area contributed by atoms with Crippen molar-refractivity contribution in [1.82, 2.24) is 4.98 Å². The van der Waals surface area contributed by atoms with Crippen molar-refractivity contribution in [1.29, 1.82) is 0 Å². The third-order valence-electron chi connectivity index (χ3n) is 2.45. The van der Waals surface area contributed by atoms with E-state index < -0.39 is 4.92 Å². The van der Waals surface area contributed by atoms with Gasteiger partial charge in [-0.3, -0.25) is 15.1 Å². The molecule has 1 rings (SSSR count). The fourth-order valence-electron chi connectivity index (χ4n) is 1.48. The molecule has 0 aliphatic rings. The molecule has 1 heterocycles. The maximum Gasteiger partial charge on any atom is 0.291 e. The Bertz CT molecular complexity index is 357. The predicted molar refractivity (Wildman–Crippen MR) is 59.2 cm³/mol. The normalized spacial score (nSPS) is 14.6. The zero-order valence-corrected chi connectivity index (χ0v) is 9.44. The van der Waals surface area contributed by atoms with Gasteiger partial charge in [-0.05, 0) is 12.5 Å². The van der Waals surface area contributed by atoms with Crippen molar-refractivity contribution < 1.29 is 4.92 Å². The van der Waals surface area contributed by atoms with Gasteiger partial charge in [-0.25, -0.2) is 0 Å². The van der Waals surface area contributed by atoms with Gasteiger partial charge in [0, 0.05) is 23.1 Å². The highest BCUT2D eigenvalue weighted by Crippen LogP contribution is 2.31. The van der Waals surface area contributed by atoms with Gasteiger partial charge in [0.05, 0.1) is 4.92 Å². The van der Waals surface area contributed by atoms with Crippen LogP contribution in [0.1, 0.15) is 31.7 Å². The third-order valence-corrected chi connectivity index (χ3v) is 3.14. The smallest absolute Gasteiger partial charge is 0.258 e. The van der Waals surface area contributed by atoms with Crippen LogP contribution >= 0.6 is 11.6 Å². The van der Waals surface area contributed by atoms with E-state index in [-0.39, 0.29) is 17.0 Å². The van der Waals surface area contributed by atoms with Gasteiger partial charge < -0.3 is 0 Å². The molecule has 0 aromatic carbocycles. The van der Waals surface area contributed by atoms with Crippen LogP contribution in [0.2, 0.25) is 0 Å². The molecule has 15 heavy (non-hydrogen) atoms. The van der Waals surface area contributed by atoms with E-state index in [1.807, 2.05) is 13.8 Å². The summed E-state index contributed by atoms with van der Waals surface area (Å²) in [6.45, 7) is 3.85. The van der Waals surface area contributed by atoms with Crippen LogP contribution in [0.4, 0.5) is 5.69 Å². The molecular weight excluding hydrogens is 216 g/mol. The Labute approximate surface area is 93.4 Å². The Kier molecular flexibility index (Phi) is 4.03. The van der Waals surface area contributed by atoms with Crippen LogP contribution in [-0.2, 0) is 0 Å². The highest BCUT2D eigenvalue weighted by molar-refractivity contribution is 6.21. The van der Waals surface area contributed by atoms with Gasteiger partial charge in [0.2, 0.25) is 0 Å². The van der Waals surface area contributed by atoms with Crippen molar-refractivity contribution in [2.75, 3.05) is 0 Å². The topological polar surface area (TPSA) is 56.0 Å². The summed E-state index contributed by atoms with van der Waals surface area (Å²) in [6.07, 6.45) is 3.60. The zero-order chi connectivity index (χ0) is 11.4. The van der Waals surface area contributed by atoms with Gasteiger partial charge in [-0.15, -0.1) is 11.6 Å². The standard InChI is InChI=1S/C10H13ClN2O2/c1-3-9(11)7(2)8-4-5-12-6-10(8)13(14)15/h4-7,9H,3H2,1-2H3. The molecule has 1 aromatic rings. The first-order chi connectivity index (χ1) is 7.07. The van der Waals surface area contributed by atoms with Crippen LogP contribution in [0, 0.1) is 10.1 Å². The van der Waals surface area contributed by atoms with E-state index >= 15 is 0 Å². The molecule has 0 radical (unpaired) electrons. The largest absolute Gasteiger partial charge is 0.291 e. The van der Waals surface area contributed by atoms with Gasteiger partial charge in [-0.1, -0.05) is 13.8 Å². The molecule has 1 aromatic heterocycles. The molecule has 0 fully saturated rings. The summed E-state index contributed by atoms with van der Waals surface area (Å²) >= 11 is 6.08. The molecule has 0 bridgehead atoms. The molecule has 0 saturated heterocycles. The highest BCUT2D eigenvalue weighted by Gasteiger charge is 2.23. The zero-order valence-electron chi connectivity index (χ0n) is 8.68. The number of hydrogen-bond donors (Lipinski definition) is 0. The van der Waals surface area contributed by atoms with Gasteiger partial charge in [0.1, 0.15) is 6.20 Å². The van der Waals surface area contributed by atoms with E-state index in [4.69, 9.17) is 11.6 Å². The Balaban J connectivity index is 3.07. The van der Waals surface area contributed by atoms with Crippen molar-refractivity contribution in [3.8, 4) is 0 Å². The number of aromatic nitrogens is 1. The van der Waals surface area contributed by atoms with Crippen LogP contribution in [0.3, 0.4) is 0 Å². The van der Waals surface area contributed by atoms with E-state index in [1.54, 1.807) is 12.3 Å². The average molecular weight is 229 g/mol. The molecule has 82 valence electrons. The SMILES string of the molecule is CCC(Cl)C(C)c1ccncc1[N+](=O)[O-]. The van der Waals surface area contributed by atoms with E-state index in [2.05, 4.69) is 4.98 Å². The Morgan fingerprint density at radius 1 is 1.67 bits per heavy atom. The van der Waals surface area contributed by atoms with E-state index in [0.717, 1.165) is 6.42 Å². The molecule has 2 atom stereocenters. The number of alkyl halides is 1. The molecule has 0 spiro atoms. The lowest BCUT2D eigenvalue weighted by molar-refractivity contribution is -0.386. The number of pyridine rings is 1. The van der Waals surface area contributed by atoms with Crippen molar-refractivity contribution in [2.45, 2.75) is 31.6 Å². The van der Waals surface area contributed by atoms with E-state index in [9.17, 15) is 10.1 Å². The Morgan fingerprint density at radius 2 is 2.33 bits per heavy atom. The Morgan fingerprint density at radius 3 is 2.87 bits per heavy atom. The summed E-state index contributed by atoms with van der Waals surface area (Å²) in [6, 6.07) is 1.66. The Hall–Kier alpha value is -1.16. The molecule has 0 saturated carbocycles. The minimum Gasteiger partial charge on any atom is -0.258 e. The van der Waals surface area contributed by atoms with Gasteiger partial charge in [0.25, 0.3) is 5.69 Å². The molecule has 0 amide bonds. The summed E-state index contributed by atoms with van der Waals surface area (Å²) < 4.78 is 0. The minimum absolute atomic E-state index is 0.0416. The number of rotatable bonds is 4. The summed E-state index contributed by atoms with van der Waals surface area (Å²) in [5.74, 6) is -0.0416. The molecular formula is C10H13ClN2O2. The highest BCUT2D eigenvalue weighted by atomic mass is 35.5. The quantitative estimate of drug-likeness (QED) is 0.452. The monoisotopic (exact) mass is 228 g/mol. The van der Waals surface area contributed by atoms with E-state index in [1.165, 1.54) is 6.20 Å². The number of nitro groups is 1. The van der Waals surface area contributed by atoms with Gasteiger partial charge >= 0.3 is 0 Å². The first kappa shape index (κ1) is 11.9. The van der Waals surface area contributed by atoms with Crippen LogP contribution < -0.4 is 0 Å². The fourth-order valence-corrected chi connectivity index (χ4v) is 1.62. The predicted octanol–water partition coefficient (Wildman–Crippen LogP) is 3.11. The van der Waals surface area contributed by atoms with Crippen molar-refractivity contribution in [3.63, 3.8) is 0 Å². The van der Waals surface area contributed by atoms with Crippen LogP contribution in [0.5, 0.6) is 0 Å². The lowest BCUT2D eigenvalue weighted by atomic mass is 9.96. The van der Waals surface area contributed by atoms with Crippen molar-refractivity contribution in [3.05, 3.63) is 34.1 Å². The maximum absolute atomic E-state index is 10.8. The second-order valence-corrected chi connectivity index (χ2v) is 3.97. The fraction of sp³-hybridized carbons (Fsp3) is 0.500. The summed E-state index contributed by atoms with van der Waals surface area (Å²) in [7, 11) is 0. The van der Waals surface area contributed by atoms with Gasteiger partial charge in [-0.2, -0.15) is 0 Å². The summed E-state index contributed by atoms with van der Waals surface area (Å²) in [4.78, 5) is 14.1. The second kappa shape index (κ2) is 5.07. The lowest BCUT2D eigenvalue weighted by Crippen LogP contribution is -2.10. The van der Waals surface area contributed by atoms with E-state index in [0.29, 0.717) is 5.56 Å². The molecule has 2 unspecified atom stereocenters. The number of halogens is 1. The van der Waals surface area contributed by atoms with Crippen molar-refractivity contribution >= 4 is 17.3 Å². The average Bonchev–Trinajstić information content (AvgIpc) is 2.27. The first-order valence-corrected chi connectivity index (χ1v) is 5.24. The first-order valence-electron chi connectivity index (χ1n) is 4.80. The molecule has 0 aliphatic carbocycles. The lowest BCUT2D eigenvalue weighted by Gasteiger charge is -2.16. The van der Waals surface area contributed by atoms with Crippen LogP contribution in [0.25, 0.3) is 0 Å². The molecule has 0 aliphatic heterocycles. The minimum atomic E-state index is -0.419.